The maximum atomic E-state index is 12.4. The van der Waals surface area contributed by atoms with Crippen molar-refractivity contribution < 1.29 is 9.53 Å². The van der Waals surface area contributed by atoms with Gasteiger partial charge in [0.1, 0.15) is 5.60 Å². The number of carbonyl (C=O) groups is 1. The topological polar surface area (TPSA) is 89.3 Å². The van der Waals surface area contributed by atoms with Crippen molar-refractivity contribution in [3.8, 4) is 11.3 Å². The fourth-order valence-electron chi connectivity index (χ4n) is 3.19. The van der Waals surface area contributed by atoms with Gasteiger partial charge in [-0.05, 0) is 45.7 Å². The van der Waals surface area contributed by atoms with Gasteiger partial charge in [0.05, 0.1) is 11.7 Å². The molecule has 0 bridgehead atoms. The Labute approximate surface area is 164 Å². The van der Waals surface area contributed by atoms with Gasteiger partial charge >= 0.3 is 6.09 Å². The number of nitrogens with one attached hydrogen (secondary N) is 1. The van der Waals surface area contributed by atoms with Gasteiger partial charge in [-0.15, -0.1) is 0 Å². The van der Waals surface area contributed by atoms with Crippen molar-refractivity contribution in [1.82, 2.24) is 19.4 Å². The van der Waals surface area contributed by atoms with Crippen LogP contribution in [0.15, 0.2) is 35.4 Å². The van der Waals surface area contributed by atoms with Crippen LogP contribution >= 0.6 is 0 Å². The zero-order chi connectivity index (χ0) is 20.3. The molecular formula is C20H27N5O3. The summed E-state index contributed by atoms with van der Waals surface area (Å²) in [7, 11) is 1.67. The van der Waals surface area contributed by atoms with Gasteiger partial charge in [0, 0.05) is 44.2 Å². The van der Waals surface area contributed by atoms with Crippen molar-refractivity contribution in [1.29, 1.82) is 0 Å². The van der Waals surface area contributed by atoms with Crippen molar-refractivity contribution in [2.75, 3.05) is 18.4 Å². The standard InChI is InChI=1S/C20H27N5O3/c1-20(2,3)28-19(27)25-11-5-6-15(25)13-22-18-23-16(12-17(26)24(18)4)14-7-9-21-10-8-14/h7-10,12,15H,5-6,11,13H2,1-4H3,(H,22,23). The molecule has 8 heteroatoms. The first-order valence-electron chi connectivity index (χ1n) is 9.46. The lowest BCUT2D eigenvalue weighted by Crippen LogP contribution is -2.43. The van der Waals surface area contributed by atoms with Crippen molar-refractivity contribution >= 4 is 12.0 Å². The molecule has 1 N–H and O–H groups in total. The number of hydrogen-bond acceptors (Lipinski definition) is 6. The molecule has 0 saturated carbocycles. The smallest absolute Gasteiger partial charge is 0.410 e. The number of amides is 1. The molecule has 3 rings (SSSR count). The molecule has 1 saturated heterocycles. The largest absolute Gasteiger partial charge is 0.444 e. The van der Waals surface area contributed by atoms with Crippen molar-refractivity contribution in [3.63, 3.8) is 0 Å². The Morgan fingerprint density at radius 1 is 1.32 bits per heavy atom. The minimum Gasteiger partial charge on any atom is -0.444 e. The lowest BCUT2D eigenvalue weighted by molar-refractivity contribution is 0.0235. The van der Waals surface area contributed by atoms with Crippen LogP contribution in [-0.4, -0.2) is 50.3 Å². The number of carbonyl (C=O) groups excluding carboxylic acids is 1. The fraction of sp³-hybridized carbons (Fsp3) is 0.500. The van der Waals surface area contributed by atoms with Crippen LogP contribution < -0.4 is 10.9 Å². The summed E-state index contributed by atoms with van der Waals surface area (Å²) in [6.45, 7) is 6.75. The summed E-state index contributed by atoms with van der Waals surface area (Å²) in [5, 5.41) is 3.24. The number of likely N-dealkylation sites (tertiary alicyclic amines) is 1. The number of aromatic nitrogens is 3. The first-order valence-corrected chi connectivity index (χ1v) is 9.46. The zero-order valence-corrected chi connectivity index (χ0v) is 16.8. The van der Waals surface area contributed by atoms with Crippen LogP contribution in [0.5, 0.6) is 0 Å². The van der Waals surface area contributed by atoms with E-state index in [1.54, 1.807) is 24.3 Å². The second-order valence-electron chi connectivity index (χ2n) is 7.95. The molecule has 1 aliphatic heterocycles. The Morgan fingerprint density at radius 2 is 2.04 bits per heavy atom. The molecule has 1 aliphatic rings. The highest BCUT2D eigenvalue weighted by Gasteiger charge is 2.32. The predicted molar refractivity (Wildman–Crippen MR) is 107 cm³/mol. The van der Waals surface area contributed by atoms with E-state index < -0.39 is 5.60 Å². The Balaban J connectivity index is 1.74. The minimum absolute atomic E-state index is 0.00339. The number of pyridine rings is 1. The molecule has 1 fully saturated rings. The molecule has 0 aromatic carbocycles. The number of ether oxygens (including phenoxy) is 1. The quantitative estimate of drug-likeness (QED) is 0.870. The highest BCUT2D eigenvalue weighted by Crippen LogP contribution is 2.21. The average Bonchev–Trinajstić information content (AvgIpc) is 3.11. The van der Waals surface area contributed by atoms with Gasteiger partial charge in [-0.2, -0.15) is 0 Å². The Hall–Kier alpha value is -2.90. The zero-order valence-electron chi connectivity index (χ0n) is 16.8. The number of hydrogen-bond donors (Lipinski definition) is 1. The Morgan fingerprint density at radius 3 is 2.71 bits per heavy atom. The number of rotatable bonds is 4. The molecule has 2 aromatic heterocycles. The molecule has 1 atom stereocenters. The summed E-state index contributed by atoms with van der Waals surface area (Å²) in [5.74, 6) is 0.468. The molecule has 2 aromatic rings. The second kappa shape index (κ2) is 8.00. The van der Waals surface area contributed by atoms with E-state index >= 15 is 0 Å². The number of anilines is 1. The van der Waals surface area contributed by atoms with Crippen LogP contribution in [0.1, 0.15) is 33.6 Å². The highest BCUT2D eigenvalue weighted by atomic mass is 16.6. The summed E-state index contributed by atoms with van der Waals surface area (Å²) in [6, 6.07) is 5.12. The van der Waals surface area contributed by atoms with Gasteiger partial charge in [0.15, 0.2) is 0 Å². The molecule has 28 heavy (non-hydrogen) atoms. The summed E-state index contributed by atoms with van der Waals surface area (Å²) in [5.41, 5.74) is 0.734. The summed E-state index contributed by atoms with van der Waals surface area (Å²) in [4.78, 5) is 35.1. The molecule has 1 unspecified atom stereocenters. The van der Waals surface area contributed by atoms with Crippen molar-refractivity contribution in [2.45, 2.75) is 45.3 Å². The molecule has 150 valence electrons. The molecule has 0 spiro atoms. The Bertz CT molecular complexity index is 889. The van der Waals surface area contributed by atoms with E-state index in [4.69, 9.17) is 4.74 Å². The third-order valence-corrected chi connectivity index (χ3v) is 4.61. The monoisotopic (exact) mass is 385 g/mol. The van der Waals surface area contributed by atoms with Crippen LogP contribution in [0.2, 0.25) is 0 Å². The van der Waals surface area contributed by atoms with Crippen LogP contribution in [0, 0.1) is 0 Å². The molecular weight excluding hydrogens is 358 g/mol. The van der Waals surface area contributed by atoms with Crippen LogP contribution in [-0.2, 0) is 11.8 Å². The molecule has 8 nitrogen and oxygen atoms in total. The summed E-state index contributed by atoms with van der Waals surface area (Å²) in [6.07, 6.45) is 4.83. The fourth-order valence-corrected chi connectivity index (χ4v) is 3.19. The third-order valence-electron chi connectivity index (χ3n) is 4.61. The van der Waals surface area contributed by atoms with E-state index in [1.807, 2.05) is 32.9 Å². The number of nitrogens with zero attached hydrogens (tertiary/aromatic N) is 4. The van der Waals surface area contributed by atoms with E-state index in [1.165, 1.54) is 10.6 Å². The maximum absolute atomic E-state index is 12.4. The van der Waals surface area contributed by atoms with E-state index in [0.717, 1.165) is 18.4 Å². The molecule has 0 aliphatic carbocycles. The predicted octanol–water partition coefficient (Wildman–Crippen LogP) is 2.65. The lowest BCUT2D eigenvalue weighted by Gasteiger charge is -2.29. The lowest BCUT2D eigenvalue weighted by atomic mass is 10.2. The minimum atomic E-state index is -0.526. The highest BCUT2D eigenvalue weighted by molar-refractivity contribution is 5.69. The molecule has 0 radical (unpaired) electrons. The van der Waals surface area contributed by atoms with Crippen molar-refractivity contribution in [3.05, 3.63) is 40.9 Å². The molecule has 3 heterocycles. The van der Waals surface area contributed by atoms with Crippen LogP contribution in [0.4, 0.5) is 10.7 Å². The third kappa shape index (κ3) is 4.68. The first kappa shape index (κ1) is 19.9. The van der Waals surface area contributed by atoms with Gasteiger partial charge < -0.3 is 15.0 Å². The average molecular weight is 385 g/mol. The van der Waals surface area contributed by atoms with Gasteiger partial charge in [-0.25, -0.2) is 9.78 Å². The summed E-state index contributed by atoms with van der Waals surface area (Å²) >= 11 is 0. The molecule has 1 amide bonds. The normalized spacial score (nSPS) is 16.9. The summed E-state index contributed by atoms with van der Waals surface area (Å²) < 4.78 is 6.98. The van der Waals surface area contributed by atoms with Gasteiger partial charge in [-0.3, -0.25) is 14.3 Å². The maximum Gasteiger partial charge on any atom is 0.410 e. The van der Waals surface area contributed by atoms with Crippen molar-refractivity contribution in [2.24, 2.45) is 7.05 Å². The van der Waals surface area contributed by atoms with E-state index in [2.05, 4.69) is 15.3 Å². The van der Waals surface area contributed by atoms with E-state index in [9.17, 15) is 9.59 Å². The Kier molecular flexibility index (Phi) is 5.67. The SMILES string of the molecule is Cn1c(NCC2CCCN2C(=O)OC(C)(C)C)nc(-c2ccncc2)cc1=O. The van der Waals surface area contributed by atoms with Crippen LogP contribution in [0.25, 0.3) is 11.3 Å². The van der Waals surface area contributed by atoms with Gasteiger partial charge in [0.25, 0.3) is 5.56 Å². The second-order valence-corrected chi connectivity index (χ2v) is 7.95. The van der Waals surface area contributed by atoms with E-state index in [0.29, 0.717) is 24.7 Å². The van der Waals surface area contributed by atoms with Gasteiger partial charge in [-0.1, -0.05) is 0 Å². The van der Waals surface area contributed by atoms with Crippen LogP contribution in [0.3, 0.4) is 0 Å². The van der Waals surface area contributed by atoms with Gasteiger partial charge in [0.2, 0.25) is 5.95 Å². The first-order chi connectivity index (χ1) is 13.2. The van der Waals surface area contributed by atoms with E-state index in [-0.39, 0.29) is 17.7 Å².